The molecule has 0 aliphatic heterocycles. The highest BCUT2D eigenvalue weighted by Crippen LogP contribution is 2.30. The Bertz CT molecular complexity index is 374. The van der Waals surface area contributed by atoms with Crippen molar-refractivity contribution in [1.29, 1.82) is 0 Å². The van der Waals surface area contributed by atoms with Crippen LogP contribution in [0.5, 0.6) is 5.75 Å². The van der Waals surface area contributed by atoms with Crippen molar-refractivity contribution in [1.82, 2.24) is 0 Å². The topological polar surface area (TPSA) is 58.9 Å². The van der Waals surface area contributed by atoms with E-state index in [1.54, 1.807) is 7.11 Å². The standard InChI is InChI=1S/C10H13BCl2O4/c1-16-3-2-4-17-9-6-7(11(14)15)5-8(12)10(9)13/h5-6,14-15H,2-4H2,1H3. The molecule has 0 atom stereocenters. The number of rotatable bonds is 6. The van der Waals surface area contributed by atoms with Gasteiger partial charge in [-0.15, -0.1) is 0 Å². The van der Waals surface area contributed by atoms with E-state index in [0.717, 1.165) is 0 Å². The third-order valence-corrected chi connectivity index (χ3v) is 2.85. The number of hydrogen-bond acceptors (Lipinski definition) is 4. The molecule has 0 radical (unpaired) electrons. The molecule has 2 N–H and O–H groups in total. The van der Waals surface area contributed by atoms with Gasteiger partial charge in [-0.05, 0) is 17.6 Å². The third-order valence-electron chi connectivity index (χ3n) is 2.07. The highest BCUT2D eigenvalue weighted by molar-refractivity contribution is 6.59. The van der Waals surface area contributed by atoms with Crippen molar-refractivity contribution in [2.24, 2.45) is 0 Å². The summed E-state index contributed by atoms with van der Waals surface area (Å²) in [4.78, 5) is 0. The molecule has 1 aromatic rings. The average molecular weight is 279 g/mol. The van der Waals surface area contributed by atoms with Crippen molar-refractivity contribution in [2.75, 3.05) is 20.3 Å². The molecule has 0 aliphatic rings. The van der Waals surface area contributed by atoms with Crippen LogP contribution in [0.2, 0.25) is 10.0 Å². The Morgan fingerprint density at radius 2 is 1.94 bits per heavy atom. The zero-order valence-electron chi connectivity index (χ0n) is 9.32. The van der Waals surface area contributed by atoms with Crippen LogP contribution in [0.15, 0.2) is 12.1 Å². The van der Waals surface area contributed by atoms with Gasteiger partial charge in [0.2, 0.25) is 0 Å². The summed E-state index contributed by atoms with van der Waals surface area (Å²) in [6, 6.07) is 2.84. The minimum absolute atomic E-state index is 0.221. The fourth-order valence-electron chi connectivity index (χ4n) is 1.22. The summed E-state index contributed by atoms with van der Waals surface area (Å²) < 4.78 is 10.3. The van der Waals surface area contributed by atoms with E-state index in [4.69, 9.17) is 42.7 Å². The Morgan fingerprint density at radius 3 is 2.53 bits per heavy atom. The Balaban J connectivity index is 2.75. The van der Waals surface area contributed by atoms with Gasteiger partial charge in [-0.3, -0.25) is 0 Å². The van der Waals surface area contributed by atoms with Crippen LogP contribution in [0, 0.1) is 0 Å². The molecular weight excluding hydrogens is 266 g/mol. The summed E-state index contributed by atoms with van der Waals surface area (Å²) in [6.07, 6.45) is 0.705. The first kappa shape index (κ1) is 14.6. The van der Waals surface area contributed by atoms with Crippen LogP contribution in [-0.4, -0.2) is 37.5 Å². The zero-order valence-corrected chi connectivity index (χ0v) is 10.8. The molecule has 7 heteroatoms. The number of hydrogen-bond donors (Lipinski definition) is 2. The third kappa shape index (κ3) is 4.37. The number of methoxy groups -OCH3 is 1. The number of halogens is 2. The molecule has 0 saturated carbocycles. The highest BCUT2D eigenvalue weighted by atomic mass is 35.5. The first-order valence-corrected chi connectivity index (χ1v) is 5.78. The molecule has 0 saturated heterocycles. The molecule has 1 rings (SSSR count). The van der Waals surface area contributed by atoms with E-state index >= 15 is 0 Å². The smallest absolute Gasteiger partial charge is 0.488 e. The minimum atomic E-state index is -1.61. The average Bonchev–Trinajstić information content (AvgIpc) is 2.29. The summed E-state index contributed by atoms with van der Waals surface area (Å²) >= 11 is 11.8. The number of benzene rings is 1. The fourth-order valence-corrected chi connectivity index (χ4v) is 1.61. The molecule has 0 spiro atoms. The molecule has 94 valence electrons. The maximum absolute atomic E-state index is 9.05. The van der Waals surface area contributed by atoms with E-state index in [2.05, 4.69) is 0 Å². The van der Waals surface area contributed by atoms with Gasteiger partial charge < -0.3 is 19.5 Å². The molecule has 1 aromatic carbocycles. The SMILES string of the molecule is COCCCOc1cc(B(O)O)cc(Cl)c1Cl. The molecule has 0 aliphatic carbocycles. The van der Waals surface area contributed by atoms with E-state index < -0.39 is 7.12 Å². The van der Waals surface area contributed by atoms with Crippen molar-refractivity contribution in [3.8, 4) is 5.75 Å². The van der Waals surface area contributed by atoms with Gasteiger partial charge in [0.15, 0.2) is 0 Å². The van der Waals surface area contributed by atoms with Gasteiger partial charge in [0, 0.05) is 20.1 Å². The first-order chi connectivity index (χ1) is 8.06. The van der Waals surface area contributed by atoms with Crippen LogP contribution in [0.4, 0.5) is 0 Å². The van der Waals surface area contributed by atoms with Gasteiger partial charge >= 0.3 is 7.12 Å². The van der Waals surface area contributed by atoms with Crippen molar-refractivity contribution in [3.63, 3.8) is 0 Å². The zero-order chi connectivity index (χ0) is 12.8. The van der Waals surface area contributed by atoms with Crippen LogP contribution in [0.3, 0.4) is 0 Å². The van der Waals surface area contributed by atoms with Crippen LogP contribution in [-0.2, 0) is 4.74 Å². The van der Waals surface area contributed by atoms with Gasteiger partial charge in [-0.2, -0.15) is 0 Å². The predicted octanol–water partition coefficient (Wildman–Crippen LogP) is 1.09. The summed E-state index contributed by atoms with van der Waals surface area (Å²) in [6.45, 7) is 0.989. The Morgan fingerprint density at radius 1 is 1.24 bits per heavy atom. The lowest BCUT2D eigenvalue weighted by molar-refractivity contribution is 0.172. The lowest BCUT2D eigenvalue weighted by Gasteiger charge is -2.11. The summed E-state index contributed by atoms with van der Waals surface area (Å²) in [5, 5.41) is 18.6. The van der Waals surface area contributed by atoms with Gasteiger partial charge in [-0.25, -0.2) is 0 Å². The quantitative estimate of drug-likeness (QED) is 0.604. The second-order valence-electron chi connectivity index (χ2n) is 3.38. The molecule has 0 heterocycles. The van der Waals surface area contributed by atoms with Gasteiger partial charge in [0.1, 0.15) is 10.8 Å². The molecular formula is C10H13BCl2O4. The summed E-state index contributed by atoms with van der Waals surface area (Å²) in [7, 11) is -0.00171. The normalized spacial score (nSPS) is 10.4. The van der Waals surface area contributed by atoms with E-state index in [0.29, 0.717) is 25.4 Å². The monoisotopic (exact) mass is 278 g/mol. The van der Waals surface area contributed by atoms with E-state index in [1.165, 1.54) is 12.1 Å². The van der Waals surface area contributed by atoms with Crippen LogP contribution >= 0.6 is 23.2 Å². The Hall–Kier alpha value is -0.455. The van der Waals surface area contributed by atoms with Gasteiger partial charge in [0.25, 0.3) is 0 Å². The van der Waals surface area contributed by atoms with Crippen molar-refractivity contribution in [2.45, 2.75) is 6.42 Å². The summed E-state index contributed by atoms with van der Waals surface area (Å²) in [5.74, 6) is 0.332. The minimum Gasteiger partial charge on any atom is -0.492 e. The fraction of sp³-hybridized carbons (Fsp3) is 0.400. The molecule has 17 heavy (non-hydrogen) atoms. The van der Waals surface area contributed by atoms with Crippen molar-refractivity contribution in [3.05, 3.63) is 22.2 Å². The van der Waals surface area contributed by atoms with Crippen molar-refractivity contribution >= 4 is 35.8 Å². The summed E-state index contributed by atoms with van der Waals surface area (Å²) in [5.41, 5.74) is 0.237. The lowest BCUT2D eigenvalue weighted by atomic mass is 9.80. The second kappa shape index (κ2) is 7.08. The maximum atomic E-state index is 9.05. The Kier molecular flexibility index (Phi) is 6.09. The number of ether oxygens (including phenoxy) is 2. The Labute approximate surface area is 110 Å². The highest BCUT2D eigenvalue weighted by Gasteiger charge is 2.16. The molecule has 0 amide bonds. The van der Waals surface area contributed by atoms with Gasteiger partial charge in [0.05, 0.1) is 11.6 Å². The van der Waals surface area contributed by atoms with Crippen LogP contribution < -0.4 is 10.2 Å². The lowest BCUT2D eigenvalue weighted by Crippen LogP contribution is -2.29. The molecule has 0 fully saturated rings. The van der Waals surface area contributed by atoms with Crippen molar-refractivity contribution < 1.29 is 19.5 Å². The van der Waals surface area contributed by atoms with Crippen LogP contribution in [0.1, 0.15) is 6.42 Å². The maximum Gasteiger partial charge on any atom is 0.488 e. The predicted molar refractivity (Wildman–Crippen MR) is 68.3 cm³/mol. The second-order valence-corrected chi connectivity index (χ2v) is 4.17. The molecule has 0 unspecified atom stereocenters. The van der Waals surface area contributed by atoms with E-state index in [-0.39, 0.29) is 15.5 Å². The molecule has 4 nitrogen and oxygen atoms in total. The van der Waals surface area contributed by atoms with Crippen LogP contribution in [0.25, 0.3) is 0 Å². The molecule has 0 bridgehead atoms. The molecule has 0 aromatic heterocycles. The van der Waals surface area contributed by atoms with E-state index in [1.807, 2.05) is 0 Å². The van der Waals surface area contributed by atoms with E-state index in [9.17, 15) is 0 Å². The largest absolute Gasteiger partial charge is 0.492 e. The first-order valence-electron chi connectivity index (χ1n) is 5.03. The van der Waals surface area contributed by atoms with Gasteiger partial charge in [-0.1, -0.05) is 23.2 Å².